The van der Waals surface area contributed by atoms with Crippen molar-refractivity contribution in [3.8, 4) is 0 Å². The van der Waals surface area contributed by atoms with Gasteiger partial charge in [-0.3, -0.25) is 9.79 Å². The molecule has 0 aliphatic carbocycles. The smallest absolute Gasteiger partial charge is 0.263 e. The molecule has 2 heterocycles. The summed E-state index contributed by atoms with van der Waals surface area (Å²) in [4.78, 5) is 20.2. The van der Waals surface area contributed by atoms with Crippen LogP contribution in [-0.4, -0.2) is 29.8 Å². The second-order valence-electron chi connectivity index (χ2n) is 5.62. The van der Waals surface area contributed by atoms with Crippen LogP contribution in [0.1, 0.15) is 28.7 Å². The number of amidine groups is 1. The van der Waals surface area contributed by atoms with Crippen molar-refractivity contribution in [2.75, 3.05) is 13.2 Å². The van der Waals surface area contributed by atoms with Crippen molar-refractivity contribution in [2.45, 2.75) is 18.9 Å². The summed E-state index contributed by atoms with van der Waals surface area (Å²) in [5.74, 6) is -0.341. The van der Waals surface area contributed by atoms with Gasteiger partial charge in [-0.15, -0.1) is 0 Å². The Morgan fingerprint density at radius 1 is 1.48 bits per heavy atom. The Morgan fingerprint density at radius 2 is 2.30 bits per heavy atom. The number of nitrogens with two attached hydrogens (primary N) is 1. The Bertz CT molecular complexity index is 758. The van der Waals surface area contributed by atoms with Gasteiger partial charge in [0.25, 0.3) is 5.89 Å². The minimum atomic E-state index is -0.908. The second kappa shape index (κ2) is 5.92. The number of carbonyl (C=O) groups is 1. The fourth-order valence-corrected chi connectivity index (χ4v) is 2.59. The molecule has 1 aliphatic rings. The quantitative estimate of drug-likeness (QED) is 0.869. The van der Waals surface area contributed by atoms with E-state index in [-0.39, 0.29) is 31.3 Å². The number of nitrogens with zero attached hydrogens (tertiary/aromatic N) is 2. The van der Waals surface area contributed by atoms with Crippen LogP contribution in [0.4, 0.5) is 4.39 Å². The Hall–Kier alpha value is -2.54. The first-order valence-corrected chi connectivity index (χ1v) is 7.11. The molecule has 0 unspecified atom stereocenters. The van der Waals surface area contributed by atoms with Crippen LogP contribution in [0.15, 0.2) is 40.1 Å². The van der Waals surface area contributed by atoms with Crippen LogP contribution in [0.3, 0.4) is 0 Å². The van der Waals surface area contributed by atoms with Gasteiger partial charge in [0.15, 0.2) is 0 Å². The summed E-state index contributed by atoms with van der Waals surface area (Å²) in [6.07, 6.45) is 2.80. The number of carbonyl (C=O) groups excluding carboxylic acids is 1. The molecule has 0 saturated carbocycles. The Labute approximate surface area is 132 Å². The first-order chi connectivity index (χ1) is 11.0. The van der Waals surface area contributed by atoms with E-state index in [1.165, 1.54) is 18.5 Å². The molecule has 23 heavy (non-hydrogen) atoms. The number of ether oxygens (including phenoxy) is 1. The van der Waals surface area contributed by atoms with Gasteiger partial charge >= 0.3 is 0 Å². The lowest BCUT2D eigenvalue weighted by atomic mass is 9.90. The summed E-state index contributed by atoms with van der Waals surface area (Å²) >= 11 is 0. The molecule has 3 rings (SSSR count). The molecule has 120 valence electrons. The van der Waals surface area contributed by atoms with Gasteiger partial charge in [-0.05, 0) is 24.6 Å². The molecule has 7 heteroatoms. The predicted octanol–water partition coefficient (Wildman–Crippen LogP) is 1.84. The van der Waals surface area contributed by atoms with E-state index < -0.39 is 11.4 Å². The van der Waals surface area contributed by atoms with Crippen LogP contribution < -0.4 is 5.73 Å². The number of hydrogen-bond donors (Lipinski definition) is 1. The molecule has 0 spiro atoms. The summed E-state index contributed by atoms with van der Waals surface area (Å²) in [5.41, 5.74) is 5.79. The number of halogens is 1. The van der Waals surface area contributed by atoms with Crippen LogP contribution in [0.2, 0.25) is 0 Å². The molecule has 1 aromatic heterocycles. The third kappa shape index (κ3) is 3.14. The minimum absolute atomic E-state index is 0.0327. The summed E-state index contributed by atoms with van der Waals surface area (Å²) in [6, 6.07) is 4.49. The highest BCUT2D eigenvalue weighted by Crippen LogP contribution is 2.31. The molecule has 1 aliphatic heterocycles. The number of hydrogen-bond acceptors (Lipinski definition) is 6. The normalized spacial score (nSPS) is 21.0. The molecule has 0 amide bonds. The molecule has 0 radical (unpaired) electrons. The van der Waals surface area contributed by atoms with Crippen molar-refractivity contribution in [1.29, 1.82) is 0 Å². The minimum Gasteiger partial charge on any atom is -0.442 e. The lowest BCUT2D eigenvalue weighted by Gasteiger charge is -2.30. The lowest BCUT2D eigenvalue weighted by molar-refractivity contribution is 0.0959. The van der Waals surface area contributed by atoms with Gasteiger partial charge in [0.05, 0.1) is 12.8 Å². The fraction of sp³-hybridized carbons (Fsp3) is 0.312. The number of benzene rings is 1. The van der Waals surface area contributed by atoms with Crippen LogP contribution in [0, 0.1) is 5.82 Å². The van der Waals surface area contributed by atoms with Crippen LogP contribution in [-0.2, 0) is 16.7 Å². The Balaban J connectivity index is 1.90. The van der Waals surface area contributed by atoms with E-state index in [0.717, 1.165) is 0 Å². The molecule has 1 aromatic carbocycles. The van der Waals surface area contributed by atoms with Crippen molar-refractivity contribution >= 4 is 11.6 Å². The van der Waals surface area contributed by atoms with Gasteiger partial charge < -0.3 is 14.9 Å². The third-order valence-corrected chi connectivity index (χ3v) is 3.67. The molecule has 2 N–H and O–H groups in total. The van der Waals surface area contributed by atoms with Crippen molar-refractivity contribution in [3.05, 3.63) is 53.5 Å². The average molecular weight is 317 g/mol. The van der Waals surface area contributed by atoms with Crippen LogP contribution in [0.5, 0.6) is 0 Å². The van der Waals surface area contributed by atoms with Crippen LogP contribution >= 0.6 is 0 Å². The first kappa shape index (κ1) is 15.4. The zero-order valence-corrected chi connectivity index (χ0v) is 12.6. The van der Waals surface area contributed by atoms with E-state index in [2.05, 4.69) is 9.98 Å². The van der Waals surface area contributed by atoms with E-state index in [9.17, 15) is 9.18 Å². The molecule has 2 aromatic rings. The maximum atomic E-state index is 14.3. The standard InChI is InChI=1S/C16H16FN3O3/c1-16(9-22-8-14(18)20-16)11-6-10(2-3-12(11)17)7-13(21)15-19-4-5-23-15/h2-6H,7-9H2,1H3,(H2,18,20)/t16-/m0/s1. The number of aliphatic imine (C=N–C) groups is 1. The van der Waals surface area contributed by atoms with Gasteiger partial charge in [0.1, 0.15) is 30.1 Å². The van der Waals surface area contributed by atoms with Gasteiger partial charge in [-0.2, -0.15) is 0 Å². The monoisotopic (exact) mass is 317 g/mol. The summed E-state index contributed by atoms with van der Waals surface area (Å²) in [7, 11) is 0. The highest BCUT2D eigenvalue weighted by Gasteiger charge is 2.33. The van der Waals surface area contributed by atoms with Crippen molar-refractivity contribution in [1.82, 2.24) is 4.98 Å². The SMILES string of the molecule is C[C@@]1(c2cc(CC(=O)c3ncco3)ccc2F)COCC(N)=N1. The maximum Gasteiger partial charge on any atom is 0.263 e. The number of oxazole rings is 1. The molecule has 6 nitrogen and oxygen atoms in total. The van der Waals surface area contributed by atoms with Gasteiger partial charge in [-0.25, -0.2) is 9.37 Å². The van der Waals surface area contributed by atoms with E-state index in [1.54, 1.807) is 19.1 Å². The third-order valence-electron chi connectivity index (χ3n) is 3.67. The molecule has 1 atom stereocenters. The van der Waals surface area contributed by atoms with E-state index in [1.807, 2.05) is 0 Å². The molecular weight excluding hydrogens is 301 g/mol. The highest BCUT2D eigenvalue weighted by molar-refractivity contribution is 5.93. The maximum absolute atomic E-state index is 14.3. The zero-order chi connectivity index (χ0) is 16.4. The summed E-state index contributed by atoms with van der Waals surface area (Å²) in [6.45, 7) is 2.21. The van der Waals surface area contributed by atoms with Crippen LogP contribution in [0.25, 0.3) is 0 Å². The van der Waals surface area contributed by atoms with E-state index >= 15 is 0 Å². The predicted molar refractivity (Wildman–Crippen MR) is 80.7 cm³/mol. The lowest BCUT2D eigenvalue weighted by Crippen LogP contribution is -2.38. The number of aromatic nitrogens is 1. The van der Waals surface area contributed by atoms with E-state index in [4.69, 9.17) is 14.9 Å². The van der Waals surface area contributed by atoms with Gasteiger partial charge in [-0.1, -0.05) is 6.07 Å². The fourth-order valence-electron chi connectivity index (χ4n) is 2.59. The Kier molecular flexibility index (Phi) is 3.96. The van der Waals surface area contributed by atoms with Crippen molar-refractivity contribution in [3.63, 3.8) is 0 Å². The number of Topliss-reactive ketones (excluding diaryl/α,β-unsaturated/α-hetero) is 1. The van der Waals surface area contributed by atoms with Crippen molar-refractivity contribution in [2.24, 2.45) is 10.7 Å². The first-order valence-electron chi connectivity index (χ1n) is 7.11. The molecule has 0 saturated heterocycles. The average Bonchev–Trinajstić information content (AvgIpc) is 3.03. The molecule has 0 fully saturated rings. The summed E-state index contributed by atoms with van der Waals surface area (Å²) in [5, 5.41) is 0. The highest BCUT2D eigenvalue weighted by atomic mass is 19.1. The molecule has 0 bridgehead atoms. The number of rotatable bonds is 4. The zero-order valence-electron chi connectivity index (χ0n) is 12.6. The second-order valence-corrected chi connectivity index (χ2v) is 5.62. The van der Waals surface area contributed by atoms with Gasteiger partial charge in [0.2, 0.25) is 5.78 Å². The van der Waals surface area contributed by atoms with E-state index in [0.29, 0.717) is 17.0 Å². The summed E-state index contributed by atoms with van der Waals surface area (Å²) < 4.78 is 24.6. The molecular formula is C16H16FN3O3. The Morgan fingerprint density at radius 3 is 3.00 bits per heavy atom. The topological polar surface area (TPSA) is 90.7 Å². The van der Waals surface area contributed by atoms with Gasteiger partial charge in [0, 0.05) is 12.0 Å². The van der Waals surface area contributed by atoms with Crippen molar-refractivity contribution < 1.29 is 18.3 Å². The number of ketones is 1. The largest absolute Gasteiger partial charge is 0.442 e.